The van der Waals surface area contributed by atoms with Crippen molar-refractivity contribution in [3.05, 3.63) is 18.2 Å². The first-order valence-corrected chi connectivity index (χ1v) is 7.31. The fourth-order valence-corrected chi connectivity index (χ4v) is 3.77. The van der Waals surface area contributed by atoms with Crippen molar-refractivity contribution in [1.82, 2.24) is 0 Å². The Morgan fingerprint density at radius 1 is 1.29 bits per heavy atom. The van der Waals surface area contributed by atoms with Gasteiger partial charge in [0.2, 0.25) is 0 Å². The highest BCUT2D eigenvalue weighted by Gasteiger charge is 2.30. The highest BCUT2D eigenvalue weighted by molar-refractivity contribution is 7.92. The molecule has 5 nitrogen and oxygen atoms in total. The van der Waals surface area contributed by atoms with Crippen LogP contribution in [0.25, 0.3) is 0 Å². The van der Waals surface area contributed by atoms with Crippen LogP contribution in [0, 0.1) is 0 Å². The second-order valence-electron chi connectivity index (χ2n) is 4.36. The van der Waals surface area contributed by atoms with Crippen LogP contribution < -0.4 is 16.8 Å². The van der Waals surface area contributed by atoms with Crippen LogP contribution in [0.15, 0.2) is 18.2 Å². The zero-order valence-electron chi connectivity index (χ0n) is 9.52. The van der Waals surface area contributed by atoms with Crippen LogP contribution in [0.5, 0.6) is 0 Å². The highest BCUT2D eigenvalue weighted by atomic mass is 32.2. The highest BCUT2D eigenvalue weighted by Crippen LogP contribution is 2.23. The summed E-state index contributed by atoms with van der Waals surface area (Å²) in [6.07, 6.45) is 1.50. The summed E-state index contributed by atoms with van der Waals surface area (Å²) < 4.78 is 23.2. The van der Waals surface area contributed by atoms with E-state index in [1.54, 1.807) is 18.2 Å². The minimum atomic E-state index is -2.89. The van der Waals surface area contributed by atoms with Crippen molar-refractivity contribution < 1.29 is 8.42 Å². The number of rotatable bonds is 3. The standard InChI is InChI=1S/C11H17N3O2S/c12-10-4-3-8(6-11(10)13)14-7-9-2-1-5-17(9,15)16/h3-4,6,9,14H,1-2,5,7,12-13H2. The van der Waals surface area contributed by atoms with Crippen LogP contribution in [0.4, 0.5) is 17.1 Å². The molecule has 2 rings (SSSR count). The summed E-state index contributed by atoms with van der Waals surface area (Å²) in [6, 6.07) is 5.23. The molecule has 1 heterocycles. The summed E-state index contributed by atoms with van der Waals surface area (Å²) in [5.41, 5.74) is 13.1. The first-order chi connectivity index (χ1) is 7.99. The summed E-state index contributed by atoms with van der Waals surface area (Å²) in [5.74, 6) is 0.309. The van der Waals surface area contributed by atoms with Crippen molar-refractivity contribution >= 4 is 26.9 Å². The average molecular weight is 255 g/mol. The van der Waals surface area contributed by atoms with E-state index in [-0.39, 0.29) is 5.25 Å². The molecule has 0 aliphatic carbocycles. The summed E-state index contributed by atoms with van der Waals surface area (Å²) in [7, 11) is -2.89. The van der Waals surface area contributed by atoms with Gasteiger partial charge in [0.1, 0.15) is 0 Å². The van der Waals surface area contributed by atoms with Gasteiger partial charge < -0.3 is 16.8 Å². The largest absolute Gasteiger partial charge is 0.397 e. The molecule has 94 valence electrons. The molecule has 1 aromatic carbocycles. The molecule has 6 heteroatoms. The molecule has 17 heavy (non-hydrogen) atoms. The normalized spacial score (nSPS) is 22.5. The van der Waals surface area contributed by atoms with Crippen molar-refractivity contribution in [2.45, 2.75) is 18.1 Å². The Labute approximate surface area is 101 Å². The lowest BCUT2D eigenvalue weighted by Gasteiger charge is -2.12. The number of anilines is 3. The van der Waals surface area contributed by atoms with Crippen LogP contribution in [-0.2, 0) is 9.84 Å². The maximum Gasteiger partial charge on any atom is 0.154 e. The summed E-state index contributed by atoms with van der Waals surface area (Å²) in [6.45, 7) is 0.436. The smallest absolute Gasteiger partial charge is 0.154 e. The van der Waals surface area contributed by atoms with Gasteiger partial charge in [-0.2, -0.15) is 0 Å². The van der Waals surface area contributed by atoms with Crippen molar-refractivity contribution in [2.24, 2.45) is 0 Å². The number of benzene rings is 1. The first kappa shape index (κ1) is 12.0. The third-order valence-electron chi connectivity index (χ3n) is 3.08. The van der Waals surface area contributed by atoms with Gasteiger partial charge in [-0.3, -0.25) is 0 Å². The second kappa shape index (κ2) is 4.44. The molecule has 0 spiro atoms. The number of nitrogens with two attached hydrogens (primary N) is 2. The van der Waals surface area contributed by atoms with Gasteiger partial charge in [-0.25, -0.2) is 8.42 Å². The molecule has 5 N–H and O–H groups in total. The lowest BCUT2D eigenvalue weighted by Crippen LogP contribution is -2.25. The quantitative estimate of drug-likeness (QED) is 0.695. The van der Waals surface area contributed by atoms with Gasteiger partial charge in [-0.15, -0.1) is 0 Å². The predicted octanol–water partition coefficient (Wildman–Crippen LogP) is 0.840. The third kappa shape index (κ3) is 2.63. The maximum atomic E-state index is 11.6. The maximum absolute atomic E-state index is 11.6. The number of hydrogen-bond acceptors (Lipinski definition) is 5. The molecule has 1 aliphatic rings. The van der Waals surface area contributed by atoms with Crippen LogP contribution in [0.2, 0.25) is 0 Å². The molecule has 0 saturated carbocycles. The van der Waals surface area contributed by atoms with Gasteiger partial charge in [0, 0.05) is 12.2 Å². The van der Waals surface area contributed by atoms with Crippen LogP contribution in [0.1, 0.15) is 12.8 Å². The zero-order valence-corrected chi connectivity index (χ0v) is 10.3. The molecular weight excluding hydrogens is 238 g/mol. The van der Waals surface area contributed by atoms with Gasteiger partial charge in [-0.05, 0) is 31.0 Å². The van der Waals surface area contributed by atoms with Crippen LogP contribution in [0.3, 0.4) is 0 Å². The molecule has 1 atom stereocenters. The number of hydrogen-bond donors (Lipinski definition) is 3. The van der Waals surface area contributed by atoms with Crippen molar-refractivity contribution in [2.75, 3.05) is 29.1 Å². The lowest BCUT2D eigenvalue weighted by atomic mass is 10.2. The summed E-state index contributed by atoms with van der Waals surface area (Å²) >= 11 is 0. The van der Waals surface area contributed by atoms with E-state index in [0.717, 1.165) is 18.5 Å². The molecule has 1 aromatic rings. The fourth-order valence-electron chi connectivity index (χ4n) is 2.00. The molecule has 0 radical (unpaired) electrons. The average Bonchev–Trinajstić information content (AvgIpc) is 2.60. The van der Waals surface area contributed by atoms with E-state index in [1.165, 1.54) is 0 Å². The van der Waals surface area contributed by atoms with Gasteiger partial charge in [0.15, 0.2) is 9.84 Å². The van der Waals surface area contributed by atoms with Gasteiger partial charge in [-0.1, -0.05) is 0 Å². The minimum absolute atomic E-state index is 0.277. The van der Waals surface area contributed by atoms with E-state index in [2.05, 4.69) is 5.32 Å². The first-order valence-electron chi connectivity index (χ1n) is 5.59. The van der Waals surface area contributed by atoms with E-state index in [9.17, 15) is 8.42 Å². The predicted molar refractivity (Wildman–Crippen MR) is 70.6 cm³/mol. The van der Waals surface area contributed by atoms with Crippen LogP contribution in [-0.4, -0.2) is 26.0 Å². The Bertz CT molecular complexity index is 513. The Morgan fingerprint density at radius 3 is 2.65 bits per heavy atom. The van der Waals surface area contributed by atoms with E-state index < -0.39 is 9.84 Å². The summed E-state index contributed by atoms with van der Waals surface area (Å²) in [4.78, 5) is 0. The Hall–Kier alpha value is -1.43. The van der Waals surface area contributed by atoms with Crippen molar-refractivity contribution in [3.63, 3.8) is 0 Å². The SMILES string of the molecule is Nc1ccc(NCC2CCCS2(=O)=O)cc1N. The number of nitrogen functional groups attached to an aromatic ring is 2. The van der Waals surface area contributed by atoms with Crippen LogP contribution >= 0.6 is 0 Å². The fraction of sp³-hybridized carbons (Fsp3) is 0.455. The van der Waals surface area contributed by atoms with Gasteiger partial charge >= 0.3 is 0 Å². The van der Waals surface area contributed by atoms with E-state index in [0.29, 0.717) is 23.7 Å². The Kier molecular flexibility index (Phi) is 3.15. The zero-order chi connectivity index (χ0) is 12.5. The van der Waals surface area contributed by atoms with E-state index in [4.69, 9.17) is 11.5 Å². The molecule has 0 bridgehead atoms. The molecular formula is C11H17N3O2S. The molecule has 1 unspecified atom stereocenters. The van der Waals surface area contributed by atoms with E-state index >= 15 is 0 Å². The lowest BCUT2D eigenvalue weighted by molar-refractivity contribution is 0.591. The molecule has 0 amide bonds. The van der Waals surface area contributed by atoms with Gasteiger partial charge in [0.05, 0.1) is 22.4 Å². The number of nitrogens with one attached hydrogen (secondary N) is 1. The molecule has 0 aromatic heterocycles. The summed E-state index contributed by atoms with van der Waals surface area (Å²) in [5, 5.41) is 2.82. The van der Waals surface area contributed by atoms with Crippen molar-refractivity contribution in [1.29, 1.82) is 0 Å². The molecule has 1 fully saturated rings. The van der Waals surface area contributed by atoms with Gasteiger partial charge in [0.25, 0.3) is 0 Å². The Morgan fingerprint density at radius 2 is 2.06 bits per heavy atom. The monoisotopic (exact) mass is 255 g/mol. The third-order valence-corrected chi connectivity index (χ3v) is 5.36. The van der Waals surface area contributed by atoms with E-state index in [1.807, 2.05) is 0 Å². The Balaban J connectivity index is 2.00. The topological polar surface area (TPSA) is 98.2 Å². The second-order valence-corrected chi connectivity index (χ2v) is 6.76. The molecule has 1 aliphatic heterocycles. The van der Waals surface area contributed by atoms with Crippen molar-refractivity contribution in [3.8, 4) is 0 Å². The number of sulfone groups is 1. The minimum Gasteiger partial charge on any atom is -0.397 e. The molecule has 1 saturated heterocycles.